The summed E-state index contributed by atoms with van der Waals surface area (Å²) in [5, 5.41) is 0.715. The van der Waals surface area contributed by atoms with Crippen molar-refractivity contribution in [3.8, 4) is 16.9 Å². The van der Waals surface area contributed by atoms with Crippen LogP contribution in [0.15, 0.2) is 66.7 Å². The van der Waals surface area contributed by atoms with Crippen molar-refractivity contribution >= 4 is 23.0 Å². The third-order valence-electron chi connectivity index (χ3n) is 4.13. The zero-order chi connectivity index (χ0) is 17.1. The van der Waals surface area contributed by atoms with Crippen molar-refractivity contribution in [2.24, 2.45) is 0 Å². The summed E-state index contributed by atoms with van der Waals surface area (Å²) >= 11 is 6.15. The van der Waals surface area contributed by atoms with Gasteiger partial charge < -0.3 is 9.64 Å². The van der Waals surface area contributed by atoms with E-state index < -0.39 is 0 Å². The fourth-order valence-corrected chi connectivity index (χ4v) is 2.89. The molecule has 0 saturated carbocycles. The number of aryl methyl sites for hydroxylation is 1. The highest BCUT2D eigenvalue weighted by Gasteiger charge is 2.11. The van der Waals surface area contributed by atoms with Gasteiger partial charge in [-0.1, -0.05) is 41.4 Å². The molecule has 2 nitrogen and oxygen atoms in total. The summed E-state index contributed by atoms with van der Waals surface area (Å²) in [6, 6.07) is 22.5. The molecule has 24 heavy (non-hydrogen) atoms. The molecule has 0 fully saturated rings. The normalized spacial score (nSPS) is 10.5. The topological polar surface area (TPSA) is 12.5 Å². The van der Waals surface area contributed by atoms with Gasteiger partial charge in [0, 0.05) is 29.0 Å². The van der Waals surface area contributed by atoms with Crippen LogP contribution in [0.25, 0.3) is 11.1 Å². The molecule has 0 spiro atoms. The second-order valence-corrected chi connectivity index (χ2v) is 6.23. The van der Waals surface area contributed by atoms with Crippen LogP contribution in [0.4, 0.5) is 11.4 Å². The molecule has 0 aliphatic carbocycles. The Labute approximate surface area is 148 Å². The molecule has 3 aromatic rings. The van der Waals surface area contributed by atoms with Gasteiger partial charge in [-0.05, 0) is 55.0 Å². The minimum atomic E-state index is 0.715. The molecular formula is C21H20ClNO. The van der Waals surface area contributed by atoms with E-state index >= 15 is 0 Å². The van der Waals surface area contributed by atoms with E-state index in [4.69, 9.17) is 16.3 Å². The van der Waals surface area contributed by atoms with E-state index in [9.17, 15) is 0 Å². The maximum Gasteiger partial charge on any atom is 0.126 e. The molecule has 0 N–H and O–H groups in total. The Kier molecular flexibility index (Phi) is 4.77. The third kappa shape index (κ3) is 3.39. The number of rotatable bonds is 4. The Hall–Kier alpha value is -2.45. The Bertz CT molecular complexity index is 843. The van der Waals surface area contributed by atoms with Crippen molar-refractivity contribution in [1.29, 1.82) is 0 Å². The minimum absolute atomic E-state index is 0.715. The predicted molar refractivity (Wildman–Crippen MR) is 103 cm³/mol. The molecule has 0 bridgehead atoms. The highest BCUT2D eigenvalue weighted by atomic mass is 35.5. The van der Waals surface area contributed by atoms with Crippen molar-refractivity contribution in [2.45, 2.75) is 6.92 Å². The zero-order valence-electron chi connectivity index (χ0n) is 14.1. The lowest BCUT2D eigenvalue weighted by Gasteiger charge is -2.21. The quantitative estimate of drug-likeness (QED) is 0.571. The van der Waals surface area contributed by atoms with E-state index in [0.717, 1.165) is 28.3 Å². The molecule has 122 valence electrons. The summed E-state index contributed by atoms with van der Waals surface area (Å²) in [5.74, 6) is 0.832. The summed E-state index contributed by atoms with van der Waals surface area (Å²) in [4.78, 5) is 2.16. The number of methoxy groups -OCH3 is 1. The Morgan fingerprint density at radius 3 is 2.25 bits per heavy atom. The fourth-order valence-electron chi connectivity index (χ4n) is 2.70. The van der Waals surface area contributed by atoms with Crippen LogP contribution in [-0.2, 0) is 0 Å². The number of hydrogen-bond donors (Lipinski definition) is 0. The molecule has 3 heteroatoms. The SMILES string of the molecule is COc1ccc(N(C)c2ccc(C)cc2)cc1-c1cccc(Cl)c1. The monoisotopic (exact) mass is 337 g/mol. The van der Waals surface area contributed by atoms with Gasteiger partial charge in [0.15, 0.2) is 0 Å². The van der Waals surface area contributed by atoms with Gasteiger partial charge >= 0.3 is 0 Å². The molecule has 0 aromatic heterocycles. The Balaban J connectivity index is 2.04. The van der Waals surface area contributed by atoms with Gasteiger partial charge in [0.1, 0.15) is 5.75 Å². The number of ether oxygens (including phenoxy) is 1. The standard InChI is InChI=1S/C21H20ClNO/c1-15-7-9-18(10-8-15)23(2)19-11-12-21(24-3)20(14-19)16-5-4-6-17(22)13-16/h4-14H,1-3H3. The molecule has 0 heterocycles. The molecular weight excluding hydrogens is 318 g/mol. The fraction of sp³-hybridized carbons (Fsp3) is 0.143. The molecule has 0 aliphatic heterocycles. The summed E-state index contributed by atoms with van der Waals surface area (Å²) in [7, 11) is 3.75. The van der Waals surface area contributed by atoms with E-state index in [1.54, 1.807) is 7.11 Å². The Morgan fingerprint density at radius 1 is 0.875 bits per heavy atom. The van der Waals surface area contributed by atoms with Crippen molar-refractivity contribution < 1.29 is 4.74 Å². The van der Waals surface area contributed by atoms with Gasteiger partial charge in [-0.2, -0.15) is 0 Å². The lowest BCUT2D eigenvalue weighted by Crippen LogP contribution is -2.09. The number of halogens is 1. The maximum absolute atomic E-state index is 6.15. The second kappa shape index (κ2) is 6.98. The molecule has 3 rings (SSSR count). The first-order chi connectivity index (χ1) is 11.6. The van der Waals surface area contributed by atoms with Crippen LogP contribution in [0.3, 0.4) is 0 Å². The lowest BCUT2D eigenvalue weighted by atomic mass is 10.0. The van der Waals surface area contributed by atoms with Crippen LogP contribution in [0.1, 0.15) is 5.56 Å². The molecule has 3 aromatic carbocycles. The van der Waals surface area contributed by atoms with E-state index in [-0.39, 0.29) is 0 Å². The number of hydrogen-bond acceptors (Lipinski definition) is 2. The van der Waals surface area contributed by atoms with Gasteiger partial charge in [-0.25, -0.2) is 0 Å². The summed E-state index contributed by atoms with van der Waals surface area (Å²) in [5.41, 5.74) is 5.55. The number of nitrogens with zero attached hydrogens (tertiary/aromatic N) is 1. The van der Waals surface area contributed by atoms with Crippen molar-refractivity contribution in [3.63, 3.8) is 0 Å². The summed E-state index contributed by atoms with van der Waals surface area (Å²) in [6.45, 7) is 2.09. The van der Waals surface area contributed by atoms with E-state index in [1.165, 1.54) is 5.56 Å². The highest BCUT2D eigenvalue weighted by molar-refractivity contribution is 6.30. The molecule has 0 atom stereocenters. The number of benzene rings is 3. The van der Waals surface area contributed by atoms with Crippen molar-refractivity contribution in [1.82, 2.24) is 0 Å². The van der Waals surface area contributed by atoms with Gasteiger partial charge in [0.25, 0.3) is 0 Å². The van der Waals surface area contributed by atoms with Crippen LogP contribution in [-0.4, -0.2) is 14.2 Å². The third-order valence-corrected chi connectivity index (χ3v) is 4.36. The predicted octanol–water partition coefficient (Wildman–Crippen LogP) is 6.09. The average molecular weight is 338 g/mol. The molecule has 0 saturated heterocycles. The zero-order valence-corrected chi connectivity index (χ0v) is 14.8. The van der Waals surface area contributed by atoms with Gasteiger partial charge in [0.2, 0.25) is 0 Å². The number of anilines is 2. The van der Waals surface area contributed by atoms with Crippen LogP contribution in [0.2, 0.25) is 5.02 Å². The minimum Gasteiger partial charge on any atom is -0.496 e. The Morgan fingerprint density at radius 2 is 1.58 bits per heavy atom. The van der Waals surface area contributed by atoms with E-state index in [1.807, 2.05) is 30.3 Å². The van der Waals surface area contributed by atoms with Crippen molar-refractivity contribution in [3.05, 3.63) is 77.3 Å². The van der Waals surface area contributed by atoms with Crippen LogP contribution < -0.4 is 9.64 Å². The molecule has 0 radical (unpaired) electrons. The van der Waals surface area contributed by atoms with Crippen LogP contribution in [0, 0.1) is 6.92 Å². The maximum atomic E-state index is 6.15. The van der Waals surface area contributed by atoms with Crippen molar-refractivity contribution in [2.75, 3.05) is 19.1 Å². The highest BCUT2D eigenvalue weighted by Crippen LogP contribution is 2.36. The lowest BCUT2D eigenvalue weighted by molar-refractivity contribution is 0.416. The van der Waals surface area contributed by atoms with Gasteiger partial charge in [-0.15, -0.1) is 0 Å². The molecule has 0 aliphatic rings. The first-order valence-corrected chi connectivity index (χ1v) is 8.20. The first-order valence-electron chi connectivity index (χ1n) is 7.83. The summed E-state index contributed by atoms with van der Waals surface area (Å²) < 4.78 is 5.53. The largest absolute Gasteiger partial charge is 0.496 e. The van der Waals surface area contributed by atoms with Crippen LogP contribution >= 0.6 is 11.6 Å². The molecule has 0 amide bonds. The average Bonchev–Trinajstić information content (AvgIpc) is 2.61. The summed E-state index contributed by atoms with van der Waals surface area (Å²) in [6.07, 6.45) is 0. The second-order valence-electron chi connectivity index (χ2n) is 5.79. The van der Waals surface area contributed by atoms with Crippen LogP contribution in [0.5, 0.6) is 5.75 Å². The van der Waals surface area contributed by atoms with E-state index in [0.29, 0.717) is 5.02 Å². The molecule has 0 unspecified atom stereocenters. The first kappa shape index (κ1) is 16.4. The van der Waals surface area contributed by atoms with E-state index in [2.05, 4.69) is 55.3 Å². The van der Waals surface area contributed by atoms with Gasteiger partial charge in [0.05, 0.1) is 7.11 Å². The smallest absolute Gasteiger partial charge is 0.126 e. The van der Waals surface area contributed by atoms with Gasteiger partial charge in [-0.3, -0.25) is 0 Å².